The molecule has 3 aromatic rings. The number of piperidine rings is 1. The van der Waals surface area contributed by atoms with Crippen LogP contribution < -0.4 is 0 Å². The second-order valence-electron chi connectivity index (χ2n) is 7.12. The normalized spacial score (nSPS) is 17.2. The zero-order valence-corrected chi connectivity index (χ0v) is 17.4. The van der Waals surface area contributed by atoms with Crippen LogP contribution in [0, 0.1) is 12.8 Å². The van der Waals surface area contributed by atoms with E-state index in [1.807, 2.05) is 25.1 Å². The molecule has 7 heteroatoms. The summed E-state index contributed by atoms with van der Waals surface area (Å²) in [4.78, 5) is 32.1. The molecule has 3 heterocycles. The van der Waals surface area contributed by atoms with E-state index in [-0.39, 0.29) is 17.8 Å². The number of hydrogen-bond acceptors (Lipinski definition) is 5. The van der Waals surface area contributed by atoms with Crippen molar-refractivity contribution in [3.63, 3.8) is 0 Å². The van der Waals surface area contributed by atoms with Crippen LogP contribution in [-0.2, 0) is 9.53 Å². The predicted octanol–water partition coefficient (Wildman–Crippen LogP) is 4.83. The number of esters is 1. The van der Waals surface area contributed by atoms with Gasteiger partial charge >= 0.3 is 5.97 Å². The minimum Gasteiger partial charge on any atom is -0.466 e. The summed E-state index contributed by atoms with van der Waals surface area (Å²) < 4.78 is 6.11. The third-order valence-electron chi connectivity index (χ3n) is 5.11. The molecule has 0 spiro atoms. The van der Waals surface area contributed by atoms with Gasteiger partial charge in [0.25, 0.3) is 5.91 Å². The fourth-order valence-corrected chi connectivity index (χ4v) is 5.16. The number of halogens is 1. The molecule has 0 bridgehead atoms. The lowest BCUT2D eigenvalue weighted by atomic mass is 9.98. The molecule has 1 saturated heterocycles. The second-order valence-corrected chi connectivity index (χ2v) is 8.53. The molecular formula is C21H21ClN2O3S. The Balaban J connectivity index is 1.68. The number of benzene rings is 1. The molecule has 0 saturated carbocycles. The van der Waals surface area contributed by atoms with Crippen LogP contribution in [0.3, 0.4) is 0 Å². The van der Waals surface area contributed by atoms with Gasteiger partial charge < -0.3 is 9.64 Å². The van der Waals surface area contributed by atoms with Gasteiger partial charge in [0.15, 0.2) is 0 Å². The van der Waals surface area contributed by atoms with Crippen molar-refractivity contribution in [3.05, 3.63) is 39.9 Å². The van der Waals surface area contributed by atoms with Gasteiger partial charge in [-0.1, -0.05) is 23.2 Å². The number of amides is 1. The number of rotatable bonds is 3. The number of aromatic nitrogens is 1. The minimum absolute atomic E-state index is 0.0629. The number of likely N-dealkylation sites (tertiary alicyclic amines) is 1. The molecule has 1 aliphatic heterocycles. The first kappa shape index (κ1) is 19.2. The fourth-order valence-electron chi connectivity index (χ4n) is 3.71. The highest BCUT2D eigenvalue weighted by Crippen LogP contribution is 2.37. The number of fused-ring (bicyclic) bond motifs is 3. The number of carbonyl (C=O) groups is 2. The zero-order chi connectivity index (χ0) is 19.8. The number of aryl methyl sites for hydroxylation is 1. The molecule has 0 aliphatic carbocycles. The van der Waals surface area contributed by atoms with Gasteiger partial charge in [-0.25, -0.2) is 4.98 Å². The Labute approximate surface area is 172 Å². The average Bonchev–Trinajstić information content (AvgIpc) is 3.15. The van der Waals surface area contributed by atoms with Gasteiger partial charge in [-0.15, -0.1) is 11.3 Å². The van der Waals surface area contributed by atoms with Crippen LogP contribution >= 0.6 is 22.9 Å². The predicted molar refractivity (Wildman–Crippen MR) is 112 cm³/mol. The Hall–Kier alpha value is -2.18. The molecule has 0 radical (unpaired) electrons. The standard InChI is InChI=1S/C21H21ClN2O3S/c1-3-27-21(26)13-5-4-8-24(11-13)20(25)17-10-15-18(28-17)14-9-12(2)6-7-16(14)23-19(15)22/h6-7,9-10,13H,3-5,8,11H2,1-2H3/t13-/m1/s1. The van der Waals surface area contributed by atoms with Crippen molar-refractivity contribution in [1.29, 1.82) is 0 Å². The van der Waals surface area contributed by atoms with Crippen LogP contribution in [0.25, 0.3) is 21.0 Å². The van der Waals surface area contributed by atoms with Crippen LogP contribution in [0.1, 0.15) is 35.0 Å². The third-order valence-corrected chi connectivity index (χ3v) is 6.55. The van der Waals surface area contributed by atoms with Gasteiger partial charge in [0.2, 0.25) is 0 Å². The summed E-state index contributed by atoms with van der Waals surface area (Å²) in [5, 5.41) is 2.21. The van der Waals surface area contributed by atoms with E-state index in [9.17, 15) is 9.59 Å². The highest BCUT2D eigenvalue weighted by Gasteiger charge is 2.30. The number of carbonyl (C=O) groups excluding carboxylic acids is 2. The lowest BCUT2D eigenvalue weighted by molar-refractivity contribution is -0.149. The summed E-state index contributed by atoms with van der Waals surface area (Å²) in [7, 11) is 0. The summed E-state index contributed by atoms with van der Waals surface area (Å²) in [6.45, 7) is 5.23. The Bertz CT molecular complexity index is 1080. The first-order valence-corrected chi connectivity index (χ1v) is 10.6. The van der Waals surface area contributed by atoms with Gasteiger partial charge in [-0.05, 0) is 44.9 Å². The number of nitrogens with zero attached hydrogens (tertiary/aromatic N) is 2. The molecule has 1 amide bonds. The highest BCUT2D eigenvalue weighted by atomic mass is 35.5. The molecule has 4 rings (SSSR count). The van der Waals surface area contributed by atoms with Gasteiger partial charge in [0.1, 0.15) is 5.15 Å². The largest absolute Gasteiger partial charge is 0.466 e. The van der Waals surface area contributed by atoms with Crippen LogP contribution in [0.4, 0.5) is 0 Å². The van der Waals surface area contributed by atoms with Gasteiger partial charge in [-0.2, -0.15) is 0 Å². The Morgan fingerprint density at radius 2 is 2.14 bits per heavy atom. The summed E-state index contributed by atoms with van der Waals surface area (Å²) in [6, 6.07) is 7.85. The van der Waals surface area contributed by atoms with Crippen molar-refractivity contribution < 1.29 is 14.3 Å². The van der Waals surface area contributed by atoms with E-state index in [1.54, 1.807) is 11.8 Å². The number of pyridine rings is 1. The van der Waals surface area contributed by atoms with E-state index in [2.05, 4.69) is 11.1 Å². The molecule has 2 aromatic heterocycles. The van der Waals surface area contributed by atoms with Crippen LogP contribution in [0.15, 0.2) is 24.3 Å². The van der Waals surface area contributed by atoms with Crippen molar-refractivity contribution in [3.8, 4) is 0 Å². The molecule has 1 aromatic carbocycles. The maximum atomic E-state index is 13.1. The first-order valence-electron chi connectivity index (χ1n) is 9.43. The summed E-state index contributed by atoms with van der Waals surface area (Å²) in [5.74, 6) is -0.530. The quantitative estimate of drug-likeness (QED) is 0.453. The fraction of sp³-hybridized carbons (Fsp3) is 0.381. The van der Waals surface area contributed by atoms with Gasteiger partial charge in [0.05, 0.1) is 22.9 Å². The van der Waals surface area contributed by atoms with Crippen LogP contribution in [-0.4, -0.2) is 41.5 Å². The monoisotopic (exact) mass is 416 g/mol. The maximum Gasteiger partial charge on any atom is 0.310 e. The highest BCUT2D eigenvalue weighted by molar-refractivity contribution is 7.21. The minimum atomic E-state index is -0.249. The summed E-state index contributed by atoms with van der Waals surface area (Å²) >= 11 is 7.83. The molecule has 0 unspecified atom stereocenters. The van der Waals surface area contributed by atoms with Crippen molar-refractivity contribution >= 4 is 55.8 Å². The van der Waals surface area contributed by atoms with Crippen molar-refractivity contribution in [2.24, 2.45) is 5.92 Å². The molecule has 28 heavy (non-hydrogen) atoms. The van der Waals surface area contributed by atoms with Crippen molar-refractivity contribution in [2.75, 3.05) is 19.7 Å². The van der Waals surface area contributed by atoms with Gasteiger partial charge in [-0.3, -0.25) is 9.59 Å². The maximum absolute atomic E-state index is 13.1. The van der Waals surface area contributed by atoms with E-state index in [4.69, 9.17) is 16.3 Å². The molecule has 5 nitrogen and oxygen atoms in total. The van der Waals surface area contributed by atoms with E-state index in [0.717, 1.165) is 39.4 Å². The first-order chi connectivity index (χ1) is 13.5. The average molecular weight is 417 g/mol. The third kappa shape index (κ3) is 3.47. The van der Waals surface area contributed by atoms with E-state index in [0.29, 0.717) is 29.7 Å². The lowest BCUT2D eigenvalue weighted by Gasteiger charge is -2.31. The summed E-state index contributed by atoms with van der Waals surface area (Å²) in [6.07, 6.45) is 1.55. The van der Waals surface area contributed by atoms with Crippen molar-refractivity contribution in [1.82, 2.24) is 9.88 Å². The van der Waals surface area contributed by atoms with Crippen LogP contribution in [0.5, 0.6) is 0 Å². The number of hydrogen-bond donors (Lipinski definition) is 0. The second kappa shape index (κ2) is 7.68. The molecular weight excluding hydrogens is 396 g/mol. The Morgan fingerprint density at radius 1 is 1.32 bits per heavy atom. The number of thiophene rings is 1. The number of ether oxygens (including phenoxy) is 1. The van der Waals surface area contributed by atoms with Crippen LogP contribution in [0.2, 0.25) is 5.15 Å². The van der Waals surface area contributed by atoms with Gasteiger partial charge in [0, 0.05) is 28.6 Å². The van der Waals surface area contributed by atoms with Crippen molar-refractivity contribution in [2.45, 2.75) is 26.7 Å². The zero-order valence-electron chi connectivity index (χ0n) is 15.8. The Morgan fingerprint density at radius 3 is 2.93 bits per heavy atom. The SMILES string of the molecule is CCOC(=O)[C@@H]1CCCN(C(=O)c2cc3c(Cl)nc4ccc(C)cc4c3s2)C1. The van der Waals surface area contributed by atoms with E-state index in [1.165, 1.54) is 11.3 Å². The smallest absolute Gasteiger partial charge is 0.310 e. The molecule has 146 valence electrons. The molecule has 0 N–H and O–H groups in total. The summed E-state index contributed by atoms with van der Waals surface area (Å²) in [5.41, 5.74) is 1.96. The van der Waals surface area contributed by atoms with E-state index >= 15 is 0 Å². The van der Waals surface area contributed by atoms with E-state index < -0.39 is 0 Å². The lowest BCUT2D eigenvalue weighted by Crippen LogP contribution is -2.42. The molecule has 1 atom stereocenters. The molecule has 1 fully saturated rings. The topological polar surface area (TPSA) is 59.5 Å². The molecule has 1 aliphatic rings. The Kier molecular flexibility index (Phi) is 5.25.